The van der Waals surface area contributed by atoms with Crippen molar-refractivity contribution in [3.05, 3.63) is 76.4 Å². The van der Waals surface area contributed by atoms with Crippen LogP contribution in [0.15, 0.2) is 70.9 Å². The molecule has 34 heavy (non-hydrogen) atoms. The number of benzene rings is 1. The Bertz CT molecular complexity index is 974. The first-order valence-corrected chi connectivity index (χ1v) is 12.0. The van der Waals surface area contributed by atoms with E-state index in [0.29, 0.717) is 30.5 Å². The highest BCUT2D eigenvalue weighted by Gasteiger charge is 2.26. The molecule has 0 radical (unpaired) electrons. The predicted molar refractivity (Wildman–Crippen MR) is 142 cm³/mol. The van der Waals surface area contributed by atoms with Crippen molar-refractivity contribution in [2.24, 2.45) is 5.41 Å². The Hall–Kier alpha value is -2.72. The number of ether oxygens (including phenoxy) is 4. The molecule has 2 rings (SSSR count). The van der Waals surface area contributed by atoms with Gasteiger partial charge in [-0.3, -0.25) is 0 Å². The van der Waals surface area contributed by atoms with Crippen LogP contribution >= 0.6 is 0 Å². The van der Waals surface area contributed by atoms with Crippen LogP contribution in [0.5, 0.6) is 17.2 Å². The van der Waals surface area contributed by atoms with Crippen molar-refractivity contribution >= 4 is 0 Å². The SMILES string of the molecule is COc1ccc(COCC=C(C)C=CC=C(C)C=CC2=C(C)CCCC2(C)C)c(OC)c1OC. The maximum absolute atomic E-state index is 5.85. The van der Waals surface area contributed by atoms with Crippen molar-refractivity contribution in [3.63, 3.8) is 0 Å². The Kier molecular flexibility index (Phi) is 10.7. The molecule has 0 amide bonds. The van der Waals surface area contributed by atoms with Gasteiger partial charge in [-0.05, 0) is 63.2 Å². The molecule has 0 N–H and O–H groups in total. The number of methoxy groups -OCH3 is 3. The van der Waals surface area contributed by atoms with E-state index in [1.54, 1.807) is 21.3 Å². The fourth-order valence-electron chi connectivity index (χ4n) is 4.34. The van der Waals surface area contributed by atoms with Gasteiger partial charge in [0, 0.05) is 5.56 Å². The molecule has 0 heterocycles. The van der Waals surface area contributed by atoms with Crippen LogP contribution in [0.1, 0.15) is 59.4 Å². The van der Waals surface area contributed by atoms with Gasteiger partial charge in [-0.25, -0.2) is 0 Å². The third-order valence-electron chi connectivity index (χ3n) is 6.34. The summed E-state index contributed by atoms with van der Waals surface area (Å²) in [5.74, 6) is 1.85. The number of allylic oxidation sites excluding steroid dienone is 9. The van der Waals surface area contributed by atoms with Gasteiger partial charge in [0.15, 0.2) is 11.5 Å². The minimum atomic E-state index is 0.273. The van der Waals surface area contributed by atoms with Crippen molar-refractivity contribution < 1.29 is 18.9 Å². The van der Waals surface area contributed by atoms with Crippen LogP contribution in [0.25, 0.3) is 0 Å². The van der Waals surface area contributed by atoms with E-state index in [2.05, 4.69) is 71.1 Å². The molecule has 0 aliphatic heterocycles. The first-order chi connectivity index (χ1) is 16.2. The van der Waals surface area contributed by atoms with Gasteiger partial charge in [0.05, 0.1) is 34.5 Å². The Morgan fingerprint density at radius 1 is 0.971 bits per heavy atom. The van der Waals surface area contributed by atoms with E-state index in [1.807, 2.05) is 12.1 Å². The molecule has 0 saturated heterocycles. The van der Waals surface area contributed by atoms with E-state index in [0.717, 1.165) is 11.1 Å². The van der Waals surface area contributed by atoms with E-state index in [-0.39, 0.29) is 5.41 Å². The second kappa shape index (κ2) is 13.2. The van der Waals surface area contributed by atoms with Crippen LogP contribution in [0.2, 0.25) is 0 Å². The fraction of sp³-hybridized carbons (Fsp3) is 0.467. The van der Waals surface area contributed by atoms with Gasteiger partial charge in [0.25, 0.3) is 0 Å². The fourth-order valence-corrected chi connectivity index (χ4v) is 4.34. The summed E-state index contributed by atoms with van der Waals surface area (Å²) in [6.45, 7) is 12.1. The van der Waals surface area contributed by atoms with Crippen molar-refractivity contribution in [1.29, 1.82) is 0 Å². The summed E-state index contributed by atoms with van der Waals surface area (Å²) in [5.41, 5.74) is 6.60. The van der Waals surface area contributed by atoms with E-state index >= 15 is 0 Å². The summed E-state index contributed by atoms with van der Waals surface area (Å²) < 4.78 is 22.1. The minimum absolute atomic E-state index is 0.273. The van der Waals surface area contributed by atoms with Crippen LogP contribution in [-0.4, -0.2) is 27.9 Å². The lowest BCUT2D eigenvalue weighted by atomic mass is 9.72. The average Bonchev–Trinajstić information content (AvgIpc) is 2.80. The zero-order chi connectivity index (χ0) is 25.1. The van der Waals surface area contributed by atoms with Crippen LogP contribution in [0.3, 0.4) is 0 Å². The summed E-state index contributed by atoms with van der Waals surface area (Å²) in [4.78, 5) is 0. The third kappa shape index (κ3) is 7.66. The lowest BCUT2D eigenvalue weighted by molar-refractivity contribution is 0.145. The van der Waals surface area contributed by atoms with Crippen LogP contribution in [0, 0.1) is 5.41 Å². The highest BCUT2D eigenvalue weighted by Crippen LogP contribution is 2.41. The van der Waals surface area contributed by atoms with E-state index in [1.165, 1.54) is 36.0 Å². The molecule has 4 nitrogen and oxygen atoms in total. The molecule has 186 valence electrons. The second-order valence-electron chi connectivity index (χ2n) is 9.49. The van der Waals surface area contributed by atoms with Gasteiger partial charge >= 0.3 is 0 Å². The van der Waals surface area contributed by atoms with Crippen LogP contribution < -0.4 is 14.2 Å². The Balaban J connectivity index is 1.91. The first-order valence-electron chi connectivity index (χ1n) is 12.0. The number of rotatable bonds is 11. The predicted octanol–water partition coefficient (Wildman–Crippen LogP) is 7.76. The van der Waals surface area contributed by atoms with Gasteiger partial charge in [0.2, 0.25) is 5.75 Å². The molecule has 0 atom stereocenters. The van der Waals surface area contributed by atoms with Gasteiger partial charge in [-0.1, -0.05) is 67.0 Å². The average molecular weight is 467 g/mol. The van der Waals surface area contributed by atoms with Crippen molar-refractivity contribution in [2.75, 3.05) is 27.9 Å². The van der Waals surface area contributed by atoms with Crippen molar-refractivity contribution in [1.82, 2.24) is 0 Å². The number of hydrogen-bond donors (Lipinski definition) is 0. The summed E-state index contributed by atoms with van der Waals surface area (Å²) in [7, 11) is 4.83. The van der Waals surface area contributed by atoms with Gasteiger partial charge < -0.3 is 18.9 Å². The van der Waals surface area contributed by atoms with E-state index in [4.69, 9.17) is 18.9 Å². The molecular formula is C30H42O4. The maximum Gasteiger partial charge on any atom is 0.203 e. The monoisotopic (exact) mass is 466 g/mol. The van der Waals surface area contributed by atoms with Crippen molar-refractivity contribution in [3.8, 4) is 17.2 Å². The largest absolute Gasteiger partial charge is 0.493 e. The molecule has 0 bridgehead atoms. The first kappa shape index (κ1) is 27.5. The molecule has 4 heteroatoms. The normalized spacial score (nSPS) is 17.1. The zero-order valence-electron chi connectivity index (χ0n) is 22.3. The summed E-state index contributed by atoms with van der Waals surface area (Å²) in [6.07, 6.45) is 16.7. The molecule has 1 aliphatic rings. The molecule has 0 spiro atoms. The zero-order valence-corrected chi connectivity index (χ0v) is 22.3. The molecule has 0 unspecified atom stereocenters. The smallest absolute Gasteiger partial charge is 0.203 e. The van der Waals surface area contributed by atoms with Crippen LogP contribution in [0.4, 0.5) is 0 Å². The third-order valence-corrected chi connectivity index (χ3v) is 6.34. The summed E-state index contributed by atoms with van der Waals surface area (Å²) in [6, 6.07) is 3.80. The Morgan fingerprint density at radius 2 is 1.71 bits per heavy atom. The standard InChI is InChI=1S/C30H42O4/c1-22(14-16-26-24(3)13-10-19-30(26,4)5)11-9-12-23(2)18-20-34-21-25-15-17-27(31-6)29(33-8)28(25)32-7/h9,11-12,14-18H,10,13,19-21H2,1-8H3. The highest BCUT2D eigenvalue weighted by atomic mass is 16.5. The lowest BCUT2D eigenvalue weighted by Crippen LogP contribution is -2.19. The molecule has 0 saturated carbocycles. The highest BCUT2D eigenvalue weighted by molar-refractivity contribution is 5.55. The van der Waals surface area contributed by atoms with Gasteiger partial charge in [0.1, 0.15) is 0 Å². The minimum Gasteiger partial charge on any atom is -0.493 e. The molecule has 0 fully saturated rings. The lowest BCUT2D eigenvalue weighted by Gasteiger charge is -2.32. The Morgan fingerprint density at radius 3 is 2.35 bits per heavy atom. The summed E-state index contributed by atoms with van der Waals surface area (Å²) >= 11 is 0. The second-order valence-corrected chi connectivity index (χ2v) is 9.49. The molecule has 1 aliphatic carbocycles. The van der Waals surface area contributed by atoms with Crippen LogP contribution in [-0.2, 0) is 11.3 Å². The quantitative estimate of drug-likeness (QED) is 0.247. The van der Waals surface area contributed by atoms with Crippen molar-refractivity contribution in [2.45, 2.75) is 60.5 Å². The molecule has 0 aromatic heterocycles. The summed E-state index contributed by atoms with van der Waals surface area (Å²) in [5, 5.41) is 0. The van der Waals surface area contributed by atoms with E-state index in [9.17, 15) is 0 Å². The van der Waals surface area contributed by atoms with Gasteiger partial charge in [-0.15, -0.1) is 0 Å². The van der Waals surface area contributed by atoms with Gasteiger partial charge in [-0.2, -0.15) is 0 Å². The van der Waals surface area contributed by atoms with E-state index < -0.39 is 0 Å². The number of hydrogen-bond acceptors (Lipinski definition) is 4. The molecule has 1 aromatic carbocycles. The molecule has 1 aromatic rings. The maximum atomic E-state index is 5.85. The molecular weight excluding hydrogens is 424 g/mol. The Labute approximate surface area is 206 Å². The topological polar surface area (TPSA) is 36.9 Å².